The summed E-state index contributed by atoms with van der Waals surface area (Å²) in [6.45, 7) is 5.87. The Morgan fingerprint density at radius 1 is 1.00 bits per heavy atom. The van der Waals surface area contributed by atoms with Gasteiger partial charge < -0.3 is 4.98 Å². The second-order valence-corrected chi connectivity index (χ2v) is 11.2. The number of aryl methyl sites for hydroxylation is 3. The van der Waals surface area contributed by atoms with Crippen LogP contribution in [0.5, 0.6) is 0 Å². The molecule has 4 rings (SSSR count). The molecule has 1 heterocycles. The van der Waals surface area contributed by atoms with E-state index < -0.39 is 10.0 Å². The topological polar surface area (TPSA) is 70.2 Å². The van der Waals surface area contributed by atoms with Crippen molar-refractivity contribution < 1.29 is 8.42 Å². The average Bonchev–Trinajstić information content (AvgIpc) is 2.74. The highest BCUT2D eigenvalue weighted by atomic mass is 35.5. The fraction of sp³-hybridized carbons (Fsp3) is 0.400. The summed E-state index contributed by atoms with van der Waals surface area (Å²) < 4.78 is 29.0. The van der Waals surface area contributed by atoms with Gasteiger partial charge in [-0.15, -0.1) is 0 Å². The number of fused-ring (bicyclic) bond motifs is 1. The number of nitrogens with one attached hydrogen (secondary N) is 1. The molecule has 0 unspecified atom stereocenters. The standard InChI is InChI=1S/C25H29ClN2O3S/c1-16-11-18(3)22-13-19(25(29)27-24(22)12-16)15-28(20-7-5-4-6-8-20)32(30,31)21-10-9-17(2)23(26)14-21/h9-14,20H,4-8,15H2,1-3H3,(H,27,29). The second-order valence-electron chi connectivity index (χ2n) is 8.92. The maximum absolute atomic E-state index is 13.7. The maximum atomic E-state index is 13.7. The first-order valence-electron chi connectivity index (χ1n) is 11.1. The molecule has 0 amide bonds. The number of aromatic nitrogens is 1. The van der Waals surface area contributed by atoms with Crippen LogP contribution >= 0.6 is 11.6 Å². The van der Waals surface area contributed by atoms with Crippen LogP contribution in [0.1, 0.15) is 54.4 Å². The minimum atomic E-state index is -3.83. The Balaban J connectivity index is 1.80. The van der Waals surface area contributed by atoms with Gasteiger partial charge in [-0.1, -0.05) is 43.0 Å². The molecule has 0 saturated heterocycles. The van der Waals surface area contributed by atoms with Crippen molar-refractivity contribution in [1.82, 2.24) is 9.29 Å². The van der Waals surface area contributed by atoms with Crippen LogP contribution in [-0.4, -0.2) is 23.7 Å². The Labute approximate surface area is 194 Å². The molecule has 1 fully saturated rings. The lowest BCUT2D eigenvalue weighted by atomic mass is 9.95. The Hall–Kier alpha value is -2.15. The highest BCUT2D eigenvalue weighted by molar-refractivity contribution is 7.89. The van der Waals surface area contributed by atoms with Crippen LogP contribution < -0.4 is 5.56 Å². The molecular weight excluding hydrogens is 444 g/mol. The van der Waals surface area contributed by atoms with Gasteiger partial charge in [-0.05, 0) is 74.6 Å². The molecule has 32 heavy (non-hydrogen) atoms. The first-order chi connectivity index (χ1) is 15.2. The molecule has 0 spiro atoms. The highest BCUT2D eigenvalue weighted by Crippen LogP contribution is 2.31. The molecule has 1 aromatic heterocycles. The minimum Gasteiger partial charge on any atom is -0.322 e. The molecule has 1 N–H and O–H groups in total. The fourth-order valence-corrected chi connectivity index (χ4v) is 6.59. The molecule has 1 aliphatic rings. The first-order valence-corrected chi connectivity index (χ1v) is 12.9. The number of halogens is 1. The summed E-state index contributed by atoms with van der Waals surface area (Å²) in [5.74, 6) is 0. The predicted molar refractivity (Wildman–Crippen MR) is 130 cm³/mol. The van der Waals surface area contributed by atoms with Crippen LogP contribution in [0.25, 0.3) is 10.9 Å². The lowest BCUT2D eigenvalue weighted by Gasteiger charge is -2.33. The van der Waals surface area contributed by atoms with E-state index in [2.05, 4.69) is 11.1 Å². The number of nitrogens with zero attached hydrogens (tertiary/aromatic N) is 1. The quantitative estimate of drug-likeness (QED) is 0.523. The van der Waals surface area contributed by atoms with Crippen molar-refractivity contribution in [3.05, 3.63) is 74.0 Å². The lowest BCUT2D eigenvalue weighted by molar-refractivity contribution is 0.247. The number of rotatable bonds is 5. The minimum absolute atomic E-state index is 0.0388. The van der Waals surface area contributed by atoms with Crippen molar-refractivity contribution >= 4 is 32.5 Å². The summed E-state index contributed by atoms with van der Waals surface area (Å²) in [6.07, 6.45) is 4.66. The SMILES string of the molecule is Cc1cc(C)c2cc(CN(C3CCCCC3)S(=O)(=O)c3ccc(C)c(Cl)c3)c(=O)[nH]c2c1. The molecule has 0 atom stereocenters. The van der Waals surface area contributed by atoms with Gasteiger partial charge in [-0.2, -0.15) is 4.31 Å². The average molecular weight is 473 g/mol. The van der Waals surface area contributed by atoms with Gasteiger partial charge in [0.05, 0.1) is 4.90 Å². The summed E-state index contributed by atoms with van der Waals surface area (Å²) in [5.41, 5.74) is 3.92. The zero-order valence-corrected chi connectivity index (χ0v) is 20.3. The third-order valence-electron chi connectivity index (χ3n) is 6.45. The number of hydrogen-bond donors (Lipinski definition) is 1. The Morgan fingerprint density at radius 2 is 1.72 bits per heavy atom. The first kappa shape index (κ1) is 23.0. The monoisotopic (exact) mass is 472 g/mol. The second kappa shape index (κ2) is 9.00. The fourth-order valence-electron chi connectivity index (χ4n) is 4.65. The van der Waals surface area contributed by atoms with Gasteiger partial charge >= 0.3 is 0 Å². The van der Waals surface area contributed by atoms with E-state index in [9.17, 15) is 13.2 Å². The van der Waals surface area contributed by atoms with Gasteiger partial charge in [-0.25, -0.2) is 8.42 Å². The Bertz CT molecular complexity index is 1330. The van der Waals surface area contributed by atoms with Gasteiger partial charge in [0.2, 0.25) is 10.0 Å². The van der Waals surface area contributed by atoms with Gasteiger partial charge in [0.15, 0.2) is 0 Å². The van der Waals surface area contributed by atoms with E-state index in [0.717, 1.165) is 59.7 Å². The van der Waals surface area contributed by atoms with E-state index in [1.165, 1.54) is 10.4 Å². The molecule has 0 aliphatic heterocycles. The predicted octanol–water partition coefficient (Wildman–Crippen LogP) is 5.63. The van der Waals surface area contributed by atoms with Crippen LogP contribution in [-0.2, 0) is 16.6 Å². The van der Waals surface area contributed by atoms with Crippen molar-refractivity contribution in [2.24, 2.45) is 0 Å². The van der Waals surface area contributed by atoms with E-state index in [4.69, 9.17) is 11.6 Å². The van der Waals surface area contributed by atoms with Crippen molar-refractivity contribution in [1.29, 1.82) is 0 Å². The van der Waals surface area contributed by atoms with E-state index >= 15 is 0 Å². The van der Waals surface area contributed by atoms with Crippen molar-refractivity contribution in [2.45, 2.75) is 70.4 Å². The van der Waals surface area contributed by atoms with E-state index in [1.54, 1.807) is 12.1 Å². The number of pyridine rings is 1. The number of aromatic amines is 1. The summed E-state index contributed by atoms with van der Waals surface area (Å²) in [7, 11) is -3.83. The maximum Gasteiger partial charge on any atom is 0.252 e. The van der Waals surface area contributed by atoms with Crippen molar-refractivity contribution in [3.63, 3.8) is 0 Å². The summed E-state index contributed by atoms with van der Waals surface area (Å²) in [6, 6.07) is 10.6. The molecule has 2 aromatic carbocycles. The highest BCUT2D eigenvalue weighted by Gasteiger charge is 2.33. The molecule has 5 nitrogen and oxygen atoms in total. The number of sulfonamides is 1. The zero-order valence-electron chi connectivity index (χ0n) is 18.7. The summed E-state index contributed by atoms with van der Waals surface area (Å²) in [4.78, 5) is 16.1. The van der Waals surface area contributed by atoms with Gasteiger partial charge in [0.25, 0.3) is 5.56 Å². The van der Waals surface area contributed by atoms with Crippen LogP contribution in [0, 0.1) is 20.8 Å². The van der Waals surface area contributed by atoms with Gasteiger partial charge in [0.1, 0.15) is 0 Å². The molecule has 7 heteroatoms. The van der Waals surface area contributed by atoms with E-state index in [-0.39, 0.29) is 23.0 Å². The largest absolute Gasteiger partial charge is 0.322 e. The van der Waals surface area contributed by atoms with Crippen LogP contribution in [0.2, 0.25) is 5.02 Å². The van der Waals surface area contributed by atoms with Crippen molar-refractivity contribution in [2.75, 3.05) is 0 Å². The third kappa shape index (κ3) is 4.49. The zero-order chi connectivity index (χ0) is 23.0. The smallest absolute Gasteiger partial charge is 0.252 e. The summed E-state index contributed by atoms with van der Waals surface area (Å²) >= 11 is 6.25. The van der Waals surface area contributed by atoms with Gasteiger partial charge in [-0.3, -0.25) is 4.79 Å². The molecule has 3 aromatic rings. The Kier molecular flexibility index (Phi) is 6.48. The van der Waals surface area contributed by atoms with Crippen LogP contribution in [0.3, 0.4) is 0 Å². The number of hydrogen-bond acceptors (Lipinski definition) is 3. The molecule has 170 valence electrons. The molecule has 0 bridgehead atoms. The number of H-pyrrole nitrogens is 1. The normalized spacial score (nSPS) is 15.5. The molecule has 1 aliphatic carbocycles. The number of benzene rings is 2. The Morgan fingerprint density at radius 3 is 2.41 bits per heavy atom. The summed E-state index contributed by atoms with van der Waals surface area (Å²) in [5, 5.41) is 1.36. The molecule has 1 saturated carbocycles. The van der Waals surface area contributed by atoms with Crippen molar-refractivity contribution in [3.8, 4) is 0 Å². The lowest BCUT2D eigenvalue weighted by Crippen LogP contribution is -2.42. The molecular formula is C25H29ClN2O3S. The van der Waals surface area contributed by atoms with Crippen LogP contribution in [0.4, 0.5) is 0 Å². The van der Waals surface area contributed by atoms with Gasteiger partial charge in [0, 0.05) is 34.1 Å². The molecule has 0 radical (unpaired) electrons. The van der Waals surface area contributed by atoms with E-state index in [1.807, 2.05) is 32.9 Å². The van der Waals surface area contributed by atoms with Crippen LogP contribution in [0.15, 0.2) is 46.1 Å². The third-order valence-corrected chi connectivity index (χ3v) is 8.75. The van der Waals surface area contributed by atoms with E-state index in [0.29, 0.717) is 10.6 Å².